The van der Waals surface area contributed by atoms with Gasteiger partial charge in [-0.15, -0.1) is 0 Å². The molecule has 4 bridgehead atoms. The standard InChI is InChI=1S/C17H13NO3/c1-2-4-13-11(3-1)16-12-7-10(18-13)9-21-14(16)8-15-17(12)20-6-5-19-15/h1-4,8-9,18H,5-7H2. The Morgan fingerprint density at radius 2 is 1.90 bits per heavy atom. The van der Waals surface area contributed by atoms with Gasteiger partial charge in [0.15, 0.2) is 11.5 Å². The van der Waals surface area contributed by atoms with Crippen molar-refractivity contribution in [2.45, 2.75) is 6.42 Å². The summed E-state index contributed by atoms with van der Waals surface area (Å²) in [6.07, 6.45) is 2.54. The zero-order valence-electron chi connectivity index (χ0n) is 11.3. The Labute approximate surface area is 121 Å². The predicted octanol–water partition coefficient (Wildman–Crippen LogP) is 3.33. The van der Waals surface area contributed by atoms with Crippen molar-refractivity contribution in [3.63, 3.8) is 0 Å². The van der Waals surface area contributed by atoms with Gasteiger partial charge in [0.1, 0.15) is 25.2 Å². The monoisotopic (exact) mass is 279 g/mol. The van der Waals surface area contributed by atoms with Gasteiger partial charge in [-0.05, 0) is 6.07 Å². The number of fused-ring (bicyclic) bond motifs is 3. The molecule has 0 spiro atoms. The smallest absolute Gasteiger partial charge is 0.165 e. The molecular formula is C17H13NO3. The fourth-order valence-electron chi connectivity index (χ4n) is 3.21. The number of allylic oxidation sites excluding steroid dienone is 1. The lowest BCUT2D eigenvalue weighted by atomic mass is 9.95. The molecule has 0 radical (unpaired) electrons. The first-order valence-corrected chi connectivity index (χ1v) is 7.08. The molecule has 104 valence electrons. The van der Waals surface area contributed by atoms with Crippen LogP contribution in [0.2, 0.25) is 0 Å². The molecule has 1 N–H and O–H groups in total. The van der Waals surface area contributed by atoms with Gasteiger partial charge in [-0.3, -0.25) is 0 Å². The van der Waals surface area contributed by atoms with Gasteiger partial charge in [-0.1, -0.05) is 18.2 Å². The zero-order valence-corrected chi connectivity index (χ0v) is 11.3. The van der Waals surface area contributed by atoms with Crippen LogP contribution in [0.4, 0.5) is 5.69 Å². The number of benzene rings is 2. The van der Waals surface area contributed by atoms with Crippen LogP contribution in [0.3, 0.4) is 0 Å². The first-order chi connectivity index (χ1) is 10.4. The normalized spacial score (nSPS) is 16.9. The Morgan fingerprint density at radius 3 is 2.90 bits per heavy atom. The molecule has 0 saturated carbocycles. The van der Waals surface area contributed by atoms with E-state index >= 15 is 0 Å². The van der Waals surface area contributed by atoms with Crippen molar-refractivity contribution >= 4 is 5.69 Å². The molecule has 21 heavy (non-hydrogen) atoms. The summed E-state index contributed by atoms with van der Waals surface area (Å²) >= 11 is 0. The molecule has 0 amide bonds. The second-order valence-electron chi connectivity index (χ2n) is 5.36. The number of anilines is 1. The van der Waals surface area contributed by atoms with E-state index in [1.807, 2.05) is 18.2 Å². The van der Waals surface area contributed by atoms with Crippen molar-refractivity contribution in [3.8, 4) is 28.4 Å². The quantitative estimate of drug-likeness (QED) is 0.803. The van der Waals surface area contributed by atoms with E-state index in [1.165, 1.54) is 0 Å². The van der Waals surface area contributed by atoms with Crippen LogP contribution >= 0.6 is 0 Å². The highest BCUT2D eigenvalue weighted by atomic mass is 16.6. The average molecular weight is 279 g/mol. The molecule has 3 heterocycles. The number of hydrogen-bond donors (Lipinski definition) is 1. The highest BCUT2D eigenvalue weighted by Crippen LogP contribution is 2.51. The average Bonchev–Trinajstić information content (AvgIpc) is 2.75. The molecule has 3 aliphatic rings. The Morgan fingerprint density at radius 1 is 1.00 bits per heavy atom. The number of rotatable bonds is 0. The van der Waals surface area contributed by atoms with Gasteiger partial charge in [-0.2, -0.15) is 0 Å². The van der Waals surface area contributed by atoms with E-state index in [2.05, 4.69) is 17.4 Å². The Balaban J connectivity index is 1.89. The van der Waals surface area contributed by atoms with Crippen LogP contribution in [0.25, 0.3) is 11.1 Å². The summed E-state index contributed by atoms with van der Waals surface area (Å²) in [5, 5.41) is 3.45. The largest absolute Gasteiger partial charge is 0.486 e. The molecule has 2 aromatic carbocycles. The number of hydrogen-bond acceptors (Lipinski definition) is 4. The molecule has 0 unspecified atom stereocenters. The first kappa shape index (κ1) is 11.1. The van der Waals surface area contributed by atoms with Gasteiger partial charge in [0, 0.05) is 34.9 Å². The summed E-state index contributed by atoms with van der Waals surface area (Å²) in [7, 11) is 0. The van der Waals surface area contributed by atoms with Crippen molar-refractivity contribution in [3.05, 3.63) is 47.9 Å². The zero-order chi connectivity index (χ0) is 13.8. The van der Waals surface area contributed by atoms with Crippen LogP contribution in [0, 0.1) is 0 Å². The van der Waals surface area contributed by atoms with Crippen LogP contribution in [-0.2, 0) is 6.42 Å². The van der Waals surface area contributed by atoms with E-state index in [0.29, 0.717) is 13.2 Å². The van der Waals surface area contributed by atoms with E-state index in [-0.39, 0.29) is 0 Å². The minimum atomic E-state index is 0.584. The van der Waals surface area contributed by atoms with Crippen LogP contribution in [0.1, 0.15) is 5.56 Å². The summed E-state index contributed by atoms with van der Waals surface area (Å²) in [6.45, 7) is 1.17. The highest BCUT2D eigenvalue weighted by Gasteiger charge is 2.30. The van der Waals surface area contributed by atoms with Crippen molar-refractivity contribution < 1.29 is 14.2 Å². The van der Waals surface area contributed by atoms with Gasteiger partial charge in [0.25, 0.3) is 0 Å². The van der Waals surface area contributed by atoms with Crippen LogP contribution in [0.5, 0.6) is 17.2 Å². The van der Waals surface area contributed by atoms with Gasteiger partial charge >= 0.3 is 0 Å². The second-order valence-corrected chi connectivity index (χ2v) is 5.36. The van der Waals surface area contributed by atoms with Crippen molar-refractivity contribution in [2.75, 3.05) is 18.5 Å². The summed E-state index contributed by atoms with van der Waals surface area (Å²) in [4.78, 5) is 0. The lowest BCUT2D eigenvalue weighted by Crippen LogP contribution is -2.17. The minimum absolute atomic E-state index is 0.584. The van der Waals surface area contributed by atoms with Crippen molar-refractivity contribution in [1.29, 1.82) is 0 Å². The summed E-state index contributed by atoms with van der Waals surface area (Å²) in [6, 6.07) is 10.2. The van der Waals surface area contributed by atoms with Gasteiger partial charge in [-0.25, -0.2) is 0 Å². The van der Waals surface area contributed by atoms with Crippen molar-refractivity contribution in [2.24, 2.45) is 0 Å². The molecule has 0 saturated heterocycles. The second kappa shape index (κ2) is 3.95. The predicted molar refractivity (Wildman–Crippen MR) is 78.9 cm³/mol. The summed E-state index contributed by atoms with van der Waals surface area (Å²) in [5.74, 6) is 2.47. The Hall–Kier alpha value is -2.62. The molecule has 0 atom stereocenters. The van der Waals surface area contributed by atoms with E-state index in [0.717, 1.165) is 51.7 Å². The minimum Gasteiger partial charge on any atom is -0.486 e. The molecule has 4 nitrogen and oxygen atoms in total. The molecule has 0 fully saturated rings. The van der Waals surface area contributed by atoms with Gasteiger partial charge in [0.2, 0.25) is 0 Å². The van der Waals surface area contributed by atoms with E-state index in [1.54, 1.807) is 6.26 Å². The fourth-order valence-corrected chi connectivity index (χ4v) is 3.21. The van der Waals surface area contributed by atoms with Crippen LogP contribution in [0.15, 0.2) is 42.3 Å². The lowest BCUT2D eigenvalue weighted by molar-refractivity contribution is 0.170. The SMILES string of the molecule is C1=C2Cc3c4c(cc(c3-c3ccccc3N2)O1)OCCO4. The lowest BCUT2D eigenvalue weighted by Gasteiger charge is -2.23. The fraction of sp³-hybridized carbons (Fsp3) is 0.176. The molecule has 0 aromatic heterocycles. The maximum absolute atomic E-state index is 5.89. The third kappa shape index (κ3) is 1.50. The van der Waals surface area contributed by atoms with E-state index in [9.17, 15) is 0 Å². The number of nitrogens with one attached hydrogen (secondary N) is 1. The van der Waals surface area contributed by atoms with Crippen LogP contribution < -0.4 is 19.5 Å². The molecule has 0 aliphatic carbocycles. The first-order valence-electron chi connectivity index (χ1n) is 7.08. The van der Waals surface area contributed by atoms with Crippen molar-refractivity contribution in [1.82, 2.24) is 0 Å². The summed E-state index contributed by atoms with van der Waals surface area (Å²) < 4.78 is 17.5. The molecule has 3 aliphatic heterocycles. The van der Waals surface area contributed by atoms with E-state index < -0.39 is 0 Å². The number of para-hydroxylation sites is 1. The molecular weight excluding hydrogens is 266 g/mol. The third-order valence-electron chi connectivity index (χ3n) is 4.08. The number of ether oxygens (including phenoxy) is 3. The molecule has 4 heteroatoms. The summed E-state index contributed by atoms with van der Waals surface area (Å²) in [5.41, 5.74) is 5.51. The third-order valence-corrected chi connectivity index (χ3v) is 4.08. The highest BCUT2D eigenvalue weighted by molar-refractivity contribution is 5.89. The van der Waals surface area contributed by atoms with Gasteiger partial charge in [0.05, 0.1) is 5.70 Å². The van der Waals surface area contributed by atoms with E-state index in [4.69, 9.17) is 14.2 Å². The van der Waals surface area contributed by atoms with Crippen LogP contribution in [-0.4, -0.2) is 13.2 Å². The Bertz CT molecular complexity index is 795. The maximum atomic E-state index is 5.89. The maximum Gasteiger partial charge on any atom is 0.165 e. The Kier molecular flexibility index (Phi) is 2.08. The van der Waals surface area contributed by atoms with Gasteiger partial charge < -0.3 is 19.5 Å². The molecule has 2 aromatic rings. The topological polar surface area (TPSA) is 39.7 Å². The molecule has 5 rings (SSSR count).